The number of nitrogens with zero attached hydrogens (tertiary/aromatic N) is 2. The number of hydrogen-bond donors (Lipinski definition) is 0. The molecular formula is C14H12N2O2. The molecular weight excluding hydrogens is 228 g/mol. The van der Waals surface area contributed by atoms with Crippen molar-refractivity contribution in [1.82, 2.24) is 9.55 Å². The highest BCUT2D eigenvalue weighted by molar-refractivity contribution is 5.86. The predicted molar refractivity (Wildman–Crippen MR) is 68.2 cm³/mol. The number of aldehydes is 1. The van der Waals surface area contributed by atoms with Gasteiger partial charge >= 0.3 is 0 Å². The lowest BCUT2D eigenvalue weighted by atomic mass is 10.1. The van der Waals surface area contributed by atoms with Gasteiger partial charge in [-0.25, -0.2) is 4.98 Å². The molecule has 4 heteroatoms. The maximum atomic E-state index is 10.5. The van der Waals surface area contributed by atoms with Crippen LogP contribution in [-0.2, 0) is 11.3 Å². The highest BCUT2D eigenvalue weighted by Gasteiger charge is 2.13. The van der Waals surface area contributed by atoms with Crippen LogP contribution in [0.5, 0.6) is 0 Å². The molecule has 0 saturated heterocycles. The molecule has 2 heterocycles. The van der Waals surface area contributed by atoms with Crippen LogP contribution >= 0.6 is 0 Å². The van der Waals surface area contributed by atoms with Gasteiger partial charge in [-0.05, 0) is 13.0 Å². The minimum Gasteiger partial charge on any atom is -0.454 e. The van der Waals surface area contributed by atoms with Gasteiger partial charge in [-0.3, -0.25) is 0 Å². The van der Waals surface area contributed by atoms with Crippen molar-refractivity contribution in [1.29, 1.82) is 0 Å². The fourth-order valence-corrected chi connectivity index (χ4v) is 2.08. The summed E-state index contributed by atoms with van der Waals surface area (Å²) < 4.78 is 7.54. The number of hydrogen-bond acceptors (Lipinski definition) is 3. The third kappa shape index (κ3) is 1.62. The van der Waals surface area contributed by atoms with Gasteiger partial charge in [0.15, 0.2) is 5.76 Å². The number of fused-ring (bicyclic) bond motifs is 1. The van der Waals surface area contributed by atoms with Crippen molar-refractivity contribution in [2.75, 3.05) is 0 Å². The van der Waals surface area contributed by atoms with Gasteiger partial charge in [-0.1, -0.05) is 18.2 Å². The van der Waals surface area contributed by atoms with E-state index < -0.39 is 0 Å². The minimum absolute atomic E-state index is 0.312. The van der Waals surface area contributed by atoms with E-state index in [1.807, 2.05) is 37.4 Å². The van der Waals surface area contributed by atoms with Crippen LogP contribution in [0.25, 0.3) is 22.4 Å². The van der Waals surface area contributed by atoms with E-state index >= 15 is 0 Å². The highest BCUT2D eigenvalue weighted by Crippen LogP contribution is 2.31. The Morgan fingerprint density at radius 1 is 1.39 bits per heavy atom. The Balaban J connectivity index is 2.12. The van der Waals surface area contributed by atoms with Gasteiger partial charge < -0.3 is 13.8 Å². The average Bonchev–Trinajstić information content (AvgIpc) is 2.96. The number of carbonyl (C=O) groups is 1. The first kappa shape index (κ1) is 10.8. The van der Waals surface area contributed by atoms with E-state index in [0.29, 0.717) is 6.54 Å². The molecule has 4 nitrogen and oxygen atoms in total. The normalized spacial score (nSPS) is 10.9. The second-order valence-electron chi connectivity index (χ2n) is 4.17. The molecule has 0 radical (unpaired) electrons. The molecule has 0 aliphatic heterocycles. The molecule has 0 aliphatic carbocycles. The van der Waals surface area contributed by atoms with Crippen molar-refractivity contribution in [3.8, 4) is 11.5 Å². The maximum Gasteiger partial charge on any atom is 0.158 e. The molecule has 3 aromatic rings. The molecule has 0 aliphatic rings. The molecule has 90 valence electrons. The largest absolute Gasteiger partial charge is 0.454 e. The standard InChI is InChI=1S/C14H12N2O2/c1-10-11-4-2-3-5-13(11)18-14(10)12-8-16(6-7-17)9-15-12/h2-5,7-9H,6H2,1H3. The second-order valence-corrected chi connectivity index (χ2v) is 4.17. The molecule has 0 saturated carbocycles. The number of carbonyl (C=O) groups excluding carboxylic acids is 1. The smallest absolute Gasteiger partial charge is 0.158 e. The molecule has 0 atom stereocenters. The number of aryl methyl sites for hydroxylation is 1. The van der Waals surface area contributed by atoms with Crippen molar-refractivity contribution in [3.05, 3.63) is 42.4 Å². The number of imidazole rings is 1. The van der Waals surface area contributed by atoms with Gasteiger partial charge in [0.25, 0.3) is 0 Å². The van der Waals surface area contributed by atoms with Crippen LogP contribution < -0.4 is 0 Å². The Morgan fingerprint density at radius 3 is 3.00 bits per heavy atom. The summed E-state index contributed by atoms with van der Waals surface area (Å²) in [5, 5.41) is 1.09. The maximum absolute atomic E-state index is 10.5. The van der Waals surface area contributed by atoms with Gasteiger partial charge in [-0.2, -0.15) is 0 Å². The van der Waals surface area contributed by atoms with Crippen molar-refractivity contribution >= 4 is 17.3 Å². The Hall–Kier alpha value is -2.36. The first-order valence-corrected chi connectivity index (χ1v) is 5.73. The lowest BCUT2D eigenvalue weighted by Crippen LogP contribution is -1.93. The Bertz CT molecular complexity index is 709. The Morgan fingerprint density at radius 2 is 2.22 bits per heavy atom. The average molecular weight is 240 g/mol. The lowest BCUT2D eigenvalue weighted by Gasteiger charge is -1.92. The van der Waals surface area contributed by atoms with Gasteiger partial charge in [0.05, 0.1) is 12.9 Å². The van der Waals surface area contributed by atoms with Crippen LogP contribution in [0.15, 0.2) is 41.2 Å². The lowest BCUT2D eigenvalue weighted by molar-refractivity contribution is -0.108. The van der Waals surface area contributed by atoms with Crippen LogP contribution in [-0.4, -0.2) is 15.8 Å². The zero-order valence-corrected chi connectivity index (χ0v) is 9.96. The minimum atomic E-state index is 0.312. The number of rotatable bonds is 3. The summed E-state index contributed by atoms with van der Waals surface area (Å²) in [4.78, 5) is 14.7. The van der Waals surface area contributed by atoms with Crippen LogP contribution in [0.1, 0.15) is 5.56 Å². The molecule has 0 bridgehead atoms. The van der Waals surface area contributed by atoms with E-state index in [1.54, 1.807) is 10.9 Å². The van der Waals surface area contributed by atoms with Crippen molar-refractivity contribution in [3.63, 3.8) is 0 Å². The van der Waals surface area contributed by atoms with Gasteiger partial charge in [0.2, 0.25) is 0 Å². The molecule has 3 rings (SSSR count). The molecule has 0 amide bonds. The van der Waals surface area contributed by atoms with E-state index in [0.717, 1.165) is 34.3 Å². The summed E-state index contributed by atoms with van der Waals surface area (Å²) in [6.45, 7) is 2.33. The zero-order chi connectivity index (χ0) is 12.5. The Labute approximate surface area is 104 Å². The van der Waals surface area contributed by atoms with Gasteiger partial charge in [0.1, 0.15) is 17.6 Å². The number of benzene rings is 1. The molecule has 0 unspecified atom stereocenters. The van der Waals surface area contributed by atoms with E-state index in [9.17, 15) is 4.79 Å². The number of aromatic nitrogens is 2. The van der Waals surface area contributed by atoms with Crippen LogP contribution in [0, 0.1) is 6.92 Å². The van der Waals surface area contributed by atoms with Gasteiger partial charge in [-0.15, -0.1) is 0 Å². The summed E-state index contributed by atoms with van der Waals surface area (Å²) >= 11 is 0. The van der Waals surface area contributed by atoms with Crippen LogP contribution in [0.3, 0.4) is 0 Å². The molecule has 0 fully saturated rings. The van der Waals surface area contributed by atoms with E-state index in [4.69, 9.17) is 4.42 Å². The van der Waals surface area contributed by atoms with Crippen molar-refractivity contribution in [2.45, 2.75) is 13.5 Å². The number of para-hydroxylation sites is 1. The van der Waals surface area contributed by atoms with Crippen molar-refractivity contribution in [2.24, 2.45) is 0 Å². The molecule has 18 heavy (non-hydrogen) atoms. The highest BCUT2D eigenvalue weighted by atomic mass is 16.3. The first-order valence-electron chi connectivity index (χ1n) is 5.73. The summed E-state index contributed by atoms with van der Waals surface area (Å²) in [5.74, 6) is 0.765. The molecule has 2 aromatic heterocycles. The topological polar surface area (TPSA) is 48.0 Å². The summed E-state index contributed by atoms with van der Waals surface area (Å²) in [6, 6.07) is 7.90. The summed E-state index contributed by atoms with van der Waals surface area (Å²) in [7, 11) is 0. The SMILES string of the molecule is Cc1c(-c2cn(CC=O)cn2)oc2ccccc12. The van der Waals surface area contributed by atoms with Crippen LogP contribution in [0.4, 0.5) is 0 Å². The predicted octanol–water partition coefficient (Wildman–Crippen LogP) is 2.80. The van der Waals surface area contributed by atoms with E-state index in [2.05, 4.69) is 4.98 Å². The van der Waals surface area contributed by atoms with Crippen molar-refractivity contribution < 1.29 is 9.21 Å². The summed E-state index contributed by atoms with van der Waals surface area (Å²) in [6.07, 6.45) is 4.30. The third-order valence-electron chi connectivity index (χ3n) is 2.99. The third-order valence-corrected chi connectivity index (χ3v) is 2.99. The zero-order valence-electron chi connectivity index (χ0n) is 9.96. The Kier molecular flexibility index (Phi) is 2.48. The summed E-state index contributed by atoms with van der Waals surface area (Å²) in [5.41, 5.74) is 2.68. The van der Waals surface area contributed by atoms with Crippen LogP contribution in [0.2, 0.25) is 0 Å². The quantitative estimate of drug-likeness (QED) is 0.661. The fourth-order valence-electron chi connectivity index (χ4n) is 2.08. The monoisotopic (exact) mass is 240 g/mol. The second kappa shape index (κ2) is 4.14. The molecule has 0 spiro atoms. The molecule has 1 aromatic carbocycles. The first-order chi connectivity index (χ1) is 8.79. The van der Waals surface area contributed by atoms with E-state index in [-0.39, 0.29) is 0 Å². The van der Waals surface area contributed by atoms with Gasteiger partial charge in [0, 0.05) is 17.1 Å². The molecule has 0 N–H and O–H groups in total. The fraction of sp³-hybridized carbons (Fsp3) is 0.143. The number of furan rings is 1. The van der Waals surface area contributed by atoms with E-state index in [1.165, 1.54) is 0 Å².